The molecule has 6 heteroatoms. The number of hydrogen-bond acceptors (Lipinski definition) is 4. The summed E-state index contributed by atoms with van der Waals surface area (Å²) in [4.78, 5) is 1.03. The first-order chi connectivity index (χ1) is 9.58. The number of hydrogen-bond donors (Lipinski definition) is 2. The molecule has 2 aromatic rings. The van der Waals surface area contributed by atoms with Gasteiger partial charge < -0.3 is 14.8 Å². The Morgan fingerprint density at radius 3 is 2.45 bits per heavy atom. The van der Waals surface area contributed by atoms with Crippen LogP contribution in [0, 0.1) is 5.82 Å². The van der Waals surface area contributed by atoms with Crippen molar-refractivity contribution in [1.82, 2.24) is 0 Å². The van der Waals surface area contributed by atoms with Crippen LogP contribution in [0.5, 0.6) is 5.75 Å². The molecule has 0 unspecified atom stereocenters. The maximum absolute atomic E-state index is 13.4. The van der Waals surface area contributed by atoms with Gasteiger partial charge in [-0.05, 0) is 47.4 Å². The molecule has 0 saturated heterocycles. The zero-order chi connectivity index (χ0) is 14.5. The van der Waals surface area contributed by atoms with E-state index in [1.165, 1.54) is 17.8 Å². The van der Waals surface area contributed by atoms with E-state index in [1.54, 1.807) is 13.2 Å². The third kappa shape index (κ3) is 4.00. The van der Waals surface area contributed by atoms with Gasteiger partial charge in [-0.25, -0.2) is 4.39 Å². The Morgan fingerprint density at radius 2 is 1.85 bits per heavy atom. The van der Waals surface area contributed by atoms with Gasteiger partial charge in [-0.3, -0.25) is 0 Å². The highest BCUT2D eigenvalue weighted by Gasteiger charge is 2.13. The summed E-state index contributed by atoms with van der Waals surface area (Å²) >= 11 is 1.54. The van der Waals surface area contributed by atoms with Crippen LogP contribution in [0.15, 0.2) is 47.4 Å². The average molecular weight is 292 g/mol. The quantitative estimate of drug-likeness (QED) is 0.652. The number of ether oxygens (including phenoxy) is 1. The number of benzene rings is 2. The second-order valence-corrected chi connectivity index (χ2v) is 5.28. The smallest absolute Gasteiger partial charge is 0.488 e. The van der Waals surface area contributed by atoms with Gasteiger partial charge in [0.1, 0.15) is 11.6 Å². The van der Waals surface area contributed by atoms with Gasteiger partial charge in [0.2, 0.25) is 0 Å². The van der Waals surface area contributed by atoms with Crippen molar-refractivity contribution in [3.8, 4) is 5.75 Å². The second kappa shape index (κ2) is 6.79. The van der Waals surface area contributed by atoms with Crippen molar-refractivity contribution in [2.45, 2.75) is 10.6 Å². The Labute approximate surface area is 121 Å². The van der Waals surface area contributed by atoms with E-state index in [9.17, 15) is 4.39 Å². The van der Waals surface area contributed by atoms with Gasteiger partial charge in [-0.2, -0.15) is 0 Å². The van der Waals surface area contributed by atoms with Crippen molar-refractivity contribution in [3.63, 3.8) is 0 Å². The molecule has 0 radical (unpaired) electrons. The third-order valence-corrected chi connectivity index (χ3v) is 3.83. The summed E-state index contributed by atoms with van der Waals surface area (Å²) in [7, 11) is -0.0492. The molecule has 0 fully saturated rings. The molecular formula is C14H14BFO3S. The molecule has 0 aromatic heterocycles. The molecule has 2 aromatic carbocycles. The zero-order valence-corrected chi connectivity index (χ0v) is 11.7. The van der Waals surface area contributed by atoms with Crippen molar-refractivity contribution in [2.75, 3.05) is 7.11 Å². The van der Waals surface area contributed by atoms with E-state index in [-0.39, 0.29) is 5.46 Å². The van der Waals surface area contributed by atoms with E-state index >= 15 is 0 Å². The van der Waals surface area contributed by atoms with Gasteiger partial charge in [0.25, 0.3) is 0 Å². The lowest BCUT2D eigenvalue weighted by molar-refractivity contribution is 0.414. The Kier molecular flexibility index (Phi) is 5.06. The normalized spacial score (nSPS) is 10.4. The molecule has 0 atom stereocenters. The SMILES string of the molecule is COc1ccc(SCc2cc(F)cc(B(O)O)c2)cc1. The molecule has 0 bridgehead atoms. The standard InChI is InChI=1S/C14H14BFO3S/c1-19-13-2-4-14(5-3-13)20-9-10-6-11(15(17)18)8-12(16)7-10/h2-8,17-18H,9H2,1H3. The number of halogens is 1. The molecule has 104 valence electrons. The van der Waals surface area contributed by atoms with Crippen LogP contribution in [0.3, 0.4) is 0 Å². The van der Waals surface area contributed by atoms with Crippen molar-refractivity contribution in [3.05, 3.63) is 53.8 Å². The van der Waals surface area contributed by atoms with Gasteiger partial charge >= 0.3 is 7.12 Å². The summed E-state index contributed by atoms with van der Waals surface area (Å²) < 4.78 is 18.4. The molecule has 0 aliphatic carbocycles. The summed E-state index contributed by atoms with van der Waals surface area (Å²) in [5, 5.41) is 18.2. The summed E-state index contributed by atoms with van der Waals surface area (Å²) in [6, 6.07) is 11.7. The molecule has 2 rings (SSSR count). The molecular weight excluding hydrogens is 278 g/mol. The molecule has 0 saturated carbocycles. The van der Waals surface area contributed by atoms with E-state index < -0.39 is 12.9 Å². The predicted octanol–water partition coefficient (Wildman–Crippen LogP) is 1.81. The van der Waals surface area contributed by atoms with Crippen LogP contribution < -0.4 is 10.2 Å². The fourth-order valence-corrected chi connectivity index (χ4v) is 2.57. The number of rotatable bonds is 5. The molecule has 0 amide bonds. The van der Waals surface area contributed by atoms with Crippen LogP contribution in [-0.4, -0.2) is 24.3 Å². The molecule has 0 aliphatic heterocycles. The highest BCUT2D eigenvalue weighted by Crippen LogP contribution is 2.24. The van der Waals surface area contributed by atoms with Crippen LogP contribution >= 0.6 is 11.8 Å². The van der Waals surface area contributed by atoms with Crippen LogP contribution in [0.1, 0.15) is 5.56 Å². The maximum atomic E-state index is 13.4. The average Bonchev–Trinajstić information content (AvgIpc) is 2.45. The van der Waals surface area contributed by atoms with Crippen LogP contribution in [0.2, 0.25) is 0 Å². The molecule has 20 heavy (non-hydrogen) atoms. The van der Waals surface area contributed by atoms with E-state index in [0.717, 1.165) is 16.7 Å². The fraction of sp³-hybridized carbons (Fsp3) is 0.143. The molecule has 0 aliphatic rings. The fourth-order valence-electron chi connectivity index (χ4n) is 1.75. The van der Waals surface area contributed by atoms with E-state index in [2.05, 4.69) is 0 Å². The predicted molar refractivity (Wildman–Crippen MR) is 78.8 cm³/mol. The third-order valence-electron chi connectivity index (χ3n) is 2.74. The minimum Gasteiger partial charge on any atom is -0.497 e. The Hall–Kier alpha value is -1.50. The zero-order valence-electron chi connectivity index (χ0n) is 10.9. The van der Waals surface area contributed by atoms with Gasteiger partial charge in [-0.15, -0.1) is 11.8 Å². The molecule has 0 heterocycles. The summed E-state index contributed by atoms with van der Waals surface area (Å²) in [5.74, 6) is 0.857. The van der Waals surface area contributed by atoms with Crippen molar-refractivity contribution < 1.29 is 19.2 Å². The summed E-state index contributed by atoms with van der Waals surface area (Å²) in [6.45, 7) is 0. The first-order valence-electron chi connectivity index (χ1n) is 6.01. The molecule has 3 nitrogen and oxygen atoms in total. The van der Waals surface area contributed by atoms with Crippen LogP contribution in [0.25, 0.3) is 0 Å². The van der Waals surface area contributed by atoms with E-state index in [1.807, 2.05) is 24.3 Å². The highest BCUT2D eigenvalue weighted by atomic mass is 32.2. The minimum atomic E-state index is -1.66. The van der Waals surface area contributed by atoms with Gasteiger partial charge in [0.15, 0.2) is 0 Å². The van der Waals surface area contributed by atoms with Crippen molar-refractivity contribution in [1.29, 1.82) is 0 Å². The molecule has 2 N–H and O–H groups in total. The maximum Gasteiger partial charge on any atom is 0.488 e. The van der Waals surface area contributed by atoms with E-state index in [4.69, 9.17) is 14.8 Å². The van der Waals surface area contributed by atoms with Crippen molar-refractivity contribution >= 4 is 24.3 Å². The first kappa shape index (κ1) is 14.9. The van der Waals surface area contributed by atoms with Gasteiger partial charge in [-0.1, -0.05) is 6.07 Å². The second-order valence-electron chi connectivity index (χ2n) is 4.23. The Morgan fingerprint density at radius 1 is 1.15 bits per heavy atom. The Bertz CT molecular complexity index is 575. The van der Waals surface area contributed by atoms with Gasteiger partial charge in [0, 0.05) is 10.6 Å². The van der Waals surface area contributed by atoms with Crippen LogP contribution in [-0.2, 0) is 5.75 Å². The highest BCUT2D eigenvalue weighted by molar-refractivity contribution is 7.98. The Balaban J connectivity index is 2.06. The molecule has 0 spiro atoms. The number of thioether (sulfide) groups is 1. The summed E-state index contributed by atoms with van der Waals surface area (Å²) in [6.07, 6.45) is 0. The lowest BCUT2D eigenvalue weighted by atomic mass is 9.79. The minimum absolute atomic E-state index is 0.162. The van der Waals surface area contributed by atoms with Crippen molar-refractivity contribution in [2.24, 2.45) is 0 Å². The summed E-state index contributed by atoms with van der Waals surface area (Å²) in [5.41, 5.74) is 0.865. The lowest BCUT2D eigenvalue weighted by Gasteiger charge is -2.06. The van der Waals surface area contributed by atoms with E-state index in [0.29, 0.717) is 11.3 Å². The largest absolute Gasteiger partial charge is 0.497 e. The monoisotopic (exact) mass is 292 g/mol. The topological polar surface area (TPSA) is 49.7 Å². The van der Waals surface area contributed by atoms with Gasteiger partial charge in [0.05, 0.1) is 7.11 Å². The number of methoxy groups -OCH3 is 1. The first-order valence-corrected chi connectivity index (χ1v) is 6.99. The van der Waals surface area contributed by atoms with Crippen LogP contribution in [0.4, 0.5) is 4.39 Å². The lowest BCUT2D eigenvalue weighted by Crippen LogP contribution is -2.30.